The zero-order valence-electron chi connectivity index (χ0n) is 15.2. The maximum atomic E-state index is 12.9. The van der Waals surface area contributed by atoms with E-state index >= 15 is 0 Å². The summed E-state index contributed by atoms with van der Waals surface area (Å²) in [5.41, 5.74) is 13.3. The molecule has 0 aromatic heterocycles. The molecular formula is C18H30N4O. The monoisotopic (exact) mass is 318 g/mol. The van der Waals surface area contributed by atoms with Gasteiger partial charge >= 0.3 is 0 Å². The maximum absolute atomic E-state index is 12.9. The molecule has 1 aliphatic rings. The summed E-state index contributed by atoms with van der Waals surface area (Å²) in [6.45, 7) is 8.94. The molecule has 0 saturated carbocycles. The van der Waals surface area contributed by atoms with Crippen LogP contribution in [0.2, 0.25) is 0 Å². The van der Waals surface area contributed by atoms with Gasteiger partial charge < -0.3 is 16.4 Å². The van der Waals surface area contributed by atoms with Crippen LogP contribution < -0.4 is 11.5 Å². The predicted octanol–water partition coefficient (Wildman–Crippen LogP) is 2.57. The van der Waals surface area contributed by atoms with Gasteiger partial charge in [-0.3, -0.25) is 9.69 Å². The second kappa shape index (κ2) is 5.71. The molecule has 1 amide bonds. The van der Waals surface area contributed by atoms with Crippen molar-refractivity contribution in [1.29, 1.82) is 0 Å². The molecule has 0 unspecified atom stereocenters. The number of amides is 1. The molecule has 1 aromatic carbocycles. The number of carbonyl (C=O) groups is 1. The molecule has 5 nitrogen and oxygen atoms in total. The molecule has 0 aliphatic carbocycles. The predicted molar refractivity (Wildman–Crippen MR) is 96.3 cm³/mol. The van der Waals surface area contributed by atoms with E-state index in [1.807, 2.05) is 11.9 Å². The summed E-state index contributed by atoms with van der Waals surface area (Å²) in [6.07, 6.45) is 1.87. The van der Waals surface area contributed by atoms with Crippen LogP contribution in [0.25, 0.3) is 0 Å². The summed E-state index contributed by atoms with van der Waals surface area (Å²) in [5, 5.41) is 0. The Labute approximate surface area is 139 Å². The number of anilines is 2. The van der Waals surface area contributed by atoms with Crippen molar-refractivity contribution in [1.82, 2.24) is 9.80 Å². The van der Waals surface area contributed by atoms with Crippen LogP contribution >= 0.6 is 0 Å². The molecule has 128 valence electrons. The van der Waals surface area contributed by atoms with E-state index in [0.717, 1.165) is 12.8 Å². The molecule has 0 radical (unpaired) electrons. The van der Waals surface area contributed by atoms with E-state index in [2.05, 4.69) is 39.6 Å². The molecule has 1 aromatic rings. The number of nitrogens with two attached hydrogens (primary N) is 2. The van der Waals surface area contributed by atoms with Crippen LogP contribution in [0.15, 0.2) is 18.2 Å². The van der Waals surface area contributed by atoms with E-state index in [9.17, 15) is 4.79 Å². The quantitative estimate of drug-likeness (QED) is 0.822. The van der Waals surface area contributed by atoms with Crippen molar-refractivity contribution in [2.45, 2.75) is 57.7 Å². The normalized spacial score (nSPS) is 21.1. The van der Waals surface area contributed by atoms with Gasteiger partial charge in [0.05, 0.1) is 0 Å². The van der Waals surface area contributed by atoms with Gasteiger partial charge in [0, 0.05) is 41.1 Å². The van der Waals surface area contributed by atoms with E-state index in [1.54, 1.807) is 18.2 Å². The molecule has 4 N–H and O–H groups in total. The Morgan fingerprint density at radius 3 is 1.96 bits per heavy atom. The van der Waals surface area contributed by atoms with Gasteiger partial charge in [-0.25, -0.2) is 0 Å². The summed E-state index contributed by atoms with van der Waals surface area (Å²) in [6, 6.07) is 5.24. The Morgan fingerprint density at radius 2 is 1.52 bits per heavy atom. The average molecular weight is 318 g/mol. The van der Waals surface area contributed by atoms with Crippen LogP contribution in [0.3, 0.4) is 0 Å². The number of piperidine rings is 1. The molecule has 1 fully saturated rings. The summed E-state index contributed by atoms with van der Waals surface area (Å²) in [4.78, 5) is 17.1. The van der Waals surface area contributed by atoms with Gasteiger partial charge in [-0.2, -0.15) is 0 Å². The van der Waals surface area contributed by atoms with E-state index in [0.29, 0.717) is 16.9 Å². The molecule has 0 spiro atoms. The number of hydrogen-bond donors (Lipinski definition) is 2. The third-order valence-electron chi connectivity index (χ3n) is 5.38. The highest BCUT2D eigenvalue weighted by Gasteiger charge is 2.44. The van der Waals surface area contributed by atoms with Crippen LogP contribution in [-0.2, 0) is 0 Å². The highest BCUT2D eigenvalue weighted by Crippen LogP contribution is 2.38. The number of carbonyl (C=O) groups excluding carboxylic acids is 1. The first kappa shape index (κ1) is 17.6. The van der Waals surface area contributed by atoms with Gasteiger partial charge in [0.15, 0.2) is 0 Å². The molecule has 5 heteroatoms. The number of hydrogen-bond acceptors (Lipinski definition) is 4. The Hall–Kier alpha value is -1.75. The Morgan fingerprint density at radius 1 is 1.09 bits per heavy atom. The van der Waals surface area contributed by atoms with E-state index < -0.39 is 0 Å². The van der Waals surface area contributed by atoms with E-state index in [4.69, 9.17) is 11.5 Å². The smallest absolute Gasteiger partial charge is 0.253 e. The minimum Gasteiger partial charge on any atom is -0.399 e. The minimum absolute atomic E-state index is 0.0230. The second-order valence-corrected chi connectivity index (χ2v) is 8.05. The highest BCUT2D eigenvalue weighted by atomic mass is 16.2. The first-order chi connectivity index (χ1) is 10.4. The van der Waals surface area contributed by atoms with Crippen LogP contribution in [-0.4, -0.2) is 46.9 Å². The van der Waals surface area contributed by atoms with Crippen molar-refractivity contribution in [2.24, 2.45) is 0 Å². The number of likely N-dealkylation sites (tertiary alicyclic amines) is 1. The lowest BCUT2D eigenvalue weighted by molar-refractivity contribution is -0.0376. The van der Waals surface area contributed by atoms with Crippen LogP contribution in [0.4, 0.5) is 11.4 Å². The standard InChI is InChI=1S/C18H30N4O/c1-17(2)10-15(11-18(3,4)22(17)6)21(5)16(23)12-7-13(19)9-14(20)8-12/h7-9,15H,10-11,19-20H2,1-6H3. The molecule has 0 bridgehead atoms. The van der Waals surface area contributed by atoms with Gasteiger partial charge in [0.2, 0.25) is 0 Å². The summed E-state index contributed by atoms with van der Waals surface area (Å²) in [5.74, 6) is -0.0230. The number of benzene rings is 1. The zero-order valence-corrected chi connectivity index (χ0v) is 15.2. The maximum Gasteiger partial charge on any atom is 0.253 e. The molecule has 1 aliphatic heterocycles. The highest BCUT2D eigenvalue weighted by molar-refractivity contribution is 5.96. The van der Waals surface area contributed by atoms with Gasteiger partial charge in [0.1, 0.15) is 0 Å². The SMILES string of the molecule is CN(C(=O)c1cc(N)cc(N)c1)C1CC(C)(C)N(C)C(C)(C)C1. The second-order valence-electron chi connectivity index (χ2n) is 8.05. The third-order valence-corrected chi connectivity index (χ3v) is 5.38. The lowest BCUT2D eigenvalue weighted by atomic mass is 9.77. The molecule has 1 saturated heterocycles. The largest absolute Gasteiger partial charge is 0.399 e. The average Bonchev–Trinajstić information content (AvgIpc) is 2.41. The van der Waals surface area contributed by atoms with Crippen molar-refractivity contribution in [2.75, 3.05) is 25.6 Å². The lowest BCUT2D eigenvalue weighted by Gasteiger charge is -2.55. The van der Waals surface area contributed by atoms with Gasteiger partial charge in [-0.05, 0) is 65.8 Å². The van der Waals surface area contributed by atoms with Crippen molar-refractivity contribution in [3.05, 3.63) is 23.8 Å². The van der Waals surface area contributed by atoms with Crippen LogP contribution in [0.5, 0.6) is 0 Å². The van der Waals surface area contributed by atoms with Gasteiger partial charge in [-0.1, -0.05) is 0 Å². The fraction of sp³-hybridized carbons (Fsp3) is 0.611. The molecule has 0 atom stereocenters. The number of rotatable bonds is 2. The van der Waals surface area contributed by atoms with Crippen molar-refractivity contribution >= 4 is 17.3 Å². The molecule has 1 heterocycles. The van der Waals surface area contributed by atoms with E-state index in [-0.39, 0.29) is 23.0 Å². The first-order valence-electron chi connectivity index (χ1n) is 8.11. The Bertz CT molecular complexity index is 571. The van der Waals surface area contributed by atoms with Crippen molar-refractivity contribution < 1.29 is 4.79 Å². The fourth-order valence-corrected chi connectivity index (χ4v) is 3.76. The molecule has 2 rings (SSSR count). The number of nitrogen functional groups attached to an aromatic ring is 2. The molecule has 23 heavy (non-hydrogen) atoms. The van der Waals surface area contributed by atoms with Crippen molar-refractivity contribution in [3.8, 4) is 0 Å². The fourth-order valence-electron chi connectivity index (χ4n) is 3.76. The molecular weight excluding hydrogens is 288 g/mol. The zero-order chi connectivity index (χ0) is 17.6. The Kier molecular flexibility index (Phi) is 4.37. The lowest BCUT2D eigenvalue weighted by Crippen LogP contribution is -2.62. The first-order valence-corrected chi connectivity index (χ1v) is 8.11. The third kappa shape index (κ3) is 3.44. The van der Waals surface area contributed by atoms with E-state index in [1.165, 1.54) is 0 Å². The van der Waals surface area contributed by atoms with Crippen molar-refractivity contribution in [3.63, 3.8) is 0 Å². The summed E-state index contributed by atoms with van der Waals surface area (Å²) < 4.78 is 0. The summed E-state index contributed by atoms with van der Waals surface area (Å²) >= 11 is 0. The van der Waals surface area contributed by atoms with Gasteiger partial charge in [0.25, 0.3) is 5.91 Å². The summed E-state index contributed by atoms with van der Waals surface area (Å²) in [7, 11) is 4.04. The minimum atomic E-state index is -0.0230. The van der Waals surface area contributed by atoms with Crippen LogP contribution in [0.1, 0.15) is 50.9 Å². The topological polar surface area (TPSA) is 75.6 Å². The van der Waals surface area contributed by atoms with Gasteiger partial charge in [-0.15, -0.1) is 0 Å². The Balaban J connectivity index is 2.25. The van der Waals surface area contributed by atoms with Crippen LogP contribution in [0, 0.1) is 0 Å². The number of nitrogens with zero attached hydrogens (tertiary/aromatic N) is 2.